The summed E-state index contributed by atoms with van der Waals surface area (Å²) in [5, 5.41) is 34.0. The van der Waals surface area contributed by atoms with E-state index < -0.39 is 35.3 Å². The molecule has 0 radical (unpaired) electrons. The fourth-order valence-electron chi connectivity index (χ4n) is 9.21. The molecule has 2 saturated carbocycles. The lowest BCUT2D eigenvalue weighted by Crippen LogP contribution is -2.63. The number of cyclic esters (lactones) is 1. The van der Waals surface area contributed by atoms with Gasteiger partial charge in [0, 0.05) is 11.8 Å². The van der Waals surface area contributed by atoms with E-state index in [0.29, 0.717) is 24.3 Å². The number of aliphatic hydroxyl groups excluding tert-OH is 1. The minimum Gasteiger partial charge on any atom is -0.462 e. The van der Waals surface area contributed by atoms with Crippen molar-refractivity contribution in [2.75, 3.05) is 0 Å². The zero-order chi connectivity index (χ0) is 30.7. The Morgan fingerprint density at radius 2 is 1.90 bits per heavy atom. The molecule has 7 heteroatoms. The molecule has 12 atom stereocenters. The van der Waals surface area contributed by atoms with Crippen molar-refractivity contribution in [2.24, 2.45) is 46.8 Å². The summed E-state index contributed by atoms with van der Waals surface area (Å²) < 4.78 is 11.6. The lowest BCUT2D eigenvalue weighted by Gasteiger charge is -2.54. The molecular weight excluding hydrogens is 520 g/mol. The Balaban J connectivity index is 1.62. The second-order valence-corrected chi connectivity index (χ2v) is 15.0. The van der Waals surface area contributed by atoms with Gasteiger partial charge in [-0.15, -0.1) is 0 Å². The molecule has 1 heterocycles. The summed E-state index contributed by atoms with van der Waals surface area (Å²) in [4.78, 5) is 25.8. The van der Waals surface area contributed by atoms with Crippen LogP contribution in [-0.2, 0) is 19.1 Å². The third-order valence-electron chi connectivity index (χ3n) is 11.5. The van der Waals surface area contributed by atoms with Crippen LogP contribution in [0.15, 0.2) is 23.8 Å². The summed E-state index contributed by atoms with van der Waals surface area (Å²) in [5.41, 5.74) is -1.19. The first-order valence-electron chi connectivity index (χ1n) is 15.8. The highest BCUT2D eigenvalue weighted by atomic mass is 16.6. The Morgan fingerprint density at radius 1 is 1.24 bits per heavy atom. The van der Waals surface area contributed by atoms with Gasteiger partial charge in [0.15, 0.2) is 6.10 Å². The van der Waals surface area contributed by atoms with Crippen LogP contribution in [0.25, 0.3) is 0 Å². The molecule has 41 heavy (non-hydrogen) atoms. The Kier molecular flexibility index (Phi) is 8.98. The van der Waals surface area contributed by atoms with Gasteiger partial charge in [0.1, 0.15) is 17.8 Å². The second kappa shape index (κ2) is 11.4. The van der Waals surface area contributed by atoms with E-state index >= 15 is 0 Å². The van der Waals surface area contributed by atoms with Crippen molar-refractivity contribution in [1.82, 2.24) is 0 Å². The molecule has 0 spiro atoms. The van der Waals surface area contributed by atoms with Gasteiger partial charge in [0.25, 0.3) is 0 Å². The highest BCUT2D eigenvalue weighted by molar-refractivity contribution is 5.78. The fraction of sp³-hybridized carbons (Fsp3) is 0.824. The molecule has 0 amide bonds. The van der Waals surface area contributed by atoms with Crippen LogP contribution in [-0.4, -0.2) is 56.8 Å². The fourth-order valence-corrected chi connectivity index (χ4v) is 9.21. The van der Waals surface area contributed by atoms with Crippen LogP contribution in [0.3, 0.4) is 0 Å². The molecule has 12 unspecified atom stereocenters. The largest absolute Gasteiger partial charge is 0.462 e. The SMILES string of the molecule is C=C1C2CC3C(C(C)C)C(OC(=O)CC(C)(O)CC(C)CC)CC3(C)CC2C(C)=CCC2C(C)OC(=O)C(O)C12O. The topological polar surface area (TPSA) is 113 Å². The van der Waals surface area contributed by atoms with Gasteiger partial charge >= 0.3 is 11.9 Å². The molecule has 1 saturated heterocycles. The molecule has 1 aliphatic heterocycles. The summed E-state index contributed by atoms with van der Waals surface area (Å²) in [6.45, 7) is 20.9. The molecule has 0 aromatic heterocycles. The summed E-state index contributed by atoms with van der Waals surface area (Å²) >= 11 is 0. The smallest absolute Gasteiger partial charge is 0.338 e. The average molecular weight is 575 g/mol. The minimum absolute atomic E-state index is 0.0233. The van der Waals surface area contributed by atoms with Crippen molar-refractivity contribution < 1.29 is 34.4 Å². The number of esters is 2. The number of ether oxygens (including phenoxy) is 2. The van der Waals surface area contributed by atoms with E-state index in [4.69, 9.17) is 9.47 Å². The molecule has 0 bridgehead atoms. The number of fused-ring (bicyclic) bond motifs is 3. The Labute approximate surface area is 246 Å². The van der Waals surface area contributed by atoms with Crippen molar-refractivity contribution >= 4 is 11.9 Å². The number of rotatable bonds is 7. The van der Waals surface area contributed by atoms with Gasteiger partial charge in [-0.1, -0.05) is 59.3 Å². The number of hydrogen-bond acceptors (Lipinski definition) is 7. The predicted octanol–water partition coefficient (Wildman–Crippen LogP) is 5.36. The first-order chi connectivity index (χ1) is 18.9. The highest BCUT2D eigenvalue weighted by Crippen LogP contribution is 2.63. The van der Waals surface area contributed by atoms with E-state index in [0.717, 1.165) is 25.7 Å². The summed E-state index contributed by atoms with van der Waals surface area (Å²) in [6, 6.07) is 0. The Morgan fingerprint density at radius 3 is 2.51 bits per heavy atom. The summed E-state index contributed by atoms with van der Waals surface area (Å²) in [6.07, 6.45) is 3.98. The van der Waals surface area contributed by atoms with Crippen LogP contribution >= 0.6 is 0 Å². The monoisotopic (exact) mass is 574 g/mol. The number of hydrogen-bond donors (Lipinski definition) is 3. The molecule has 4 rings (SSSR count). The molecule has 0 aromatic carbocycles. The number of aliphatic hydroxyl groups is 3. The molecule has 3 N–H and O–H groups in total. The molecule has 3 aliphatic carbocycles. The van der Waals surface area contributed by atoms with Crippen LogP contribution < -0.4 is 0 Å². The number of carbonyl (C=O) groups is 2. The molecular formula is C34H54O7. The van der Waals surface area contributed by atoms with E-state index in [2.05, 4.69) is 54.2 Å². The first kappa shape index (κ1) is 32.2. The average Bonchev–Trinajstić information content (AvgIpc) is 3.15. The quantitative estimate of drug-likeness (QED) is 0.277. The van der Waals surface area contributed by atoms with Gasteiger partial charge in [-0.2, -0.15) is 0 Å². The normalized spacial score (nSPS) is 43.0. The lowest BCUT2D eigenvalue weighted by molar-refractivity contribution is -0.209. The molecule has 4 aliphatic rings. The summed E-state index contributed by atoms with van der Waals surface area (Å²) in [5.74, 6) is -0.766. The maximum absolute atomic E-state index is 13.2. The van der Waals surface area contributed by atoms with E-state index in [1.807, 2.05) is 0 Å². The van der Waals surface area contributed by atoms with Gasteiger partial charge in [-0.3, -0.25) is 4.79 Å². The molecule has 7 nitrogen and oxygen atoms in total. The van der Waals surface area contributed by atoms with Crippen LogP contribution in [0.1, 0.15) is 100 Å². The third kappa shape index (κ3) is 5.80. The first-order valence-corrected chi connectivity index (χ1v) is 15.8. The highest BCUT2D eigenvalue weighted by Gasteiger charge is 2.62. The zero-order valence-electron chi connectivity index (χ0n) is 26.5. The Bertz CT molecular complexity index is 1060. The molecule has 232 valence electrons. The standard InChI is InChI=1S/C34H54O7/c1-10-19(4)14-33(9,38)17-28(35)41-27-16-32(8)15-24-20(5)11-12-25-22(7)40-31(37)30(36)34(25,39)21(6)23(24)13-26(32)29(27)18(2)3/h11,18-19,22-27,29-30,36,38-39H,6,10,12-17H2,1-5,7-9H3. The second-order valence-electron chi connectivity index (χ2n) is 15.0. The van der Waals surface area contributed by atoms with Crippen molar-refractivity contribution in [3.63, 3.8) is 0 Å². The van der Waals surface area contributed by atoms with E-state index in [1.165, 1.54) is 5.57 Å². The van der Waals surface area contributed by atoms with Crippen LogP contribution in [0.5, 0.6) is 0 Å². The predicted molar refractivity (Wildman–Crippen MR) is 157 cm³/mol. The van der Waals surface area contributed by atoms with Crippen LogP contribution in [0, 0.1) is 46.8 Å². The number of carbonyl (C=O) groups excluding carboxylic acids is 2. The van der Waals surface area contributed by atoms with E-state index in [1.54, 1.807) is 13.8 Å². The third-order valence-corrected chi connectivity index (χ3v) is 11.5. The van der Waals surface area contributed by atoms with Crippen molar-refractivity contribution in [1.29, 1.82) is 0 Å². The maximum atomic E-state index is 13.2. The Hall–Kier alpha value is -1.70. The van der Waals surface area contributed by atoms with Crippen LogP contribution in [0.4, 0.5) is 0 Å². The van der Waals surface area contributed by atoms with Crippen molar-refractivity contribution in [3.8, 4) is 0 Å². The van der Waals surface area contributed by atoms with Gasteiger partial charge in [-0.05, 0) is 93.5 Å². The van der Waals surface area contributed by atoms with E-state index in [9.17, 15) is 24.9 Å². The summed E-state index contributed by atoms with van der Waals surface area (Å²) in [7, 11) is 0. The molecule has 0 aromatic rings. The van der Waals surface area contributed by atoms with Gasteiger partial charge < -0.3 is 24.8 Å². The van der Waals surface area contributed by atoms with Gasteiger partial charge in [-0.25, -0.2) is 4.79 Å². The van der Waals surface area contributed by atoms with E-state index in [-0.39, 0.29) is 53.5 Å². The van der Waals surface area contributed by atoms with Crippen LogP contribution in [0.2, 0.25) is 0 Å². The lowest BCUT2D eigenvalue weighted by atomic mass is 9.53. The van der Waals surface area contributed by atoms with Crippen molar-refractivity contribution in [3.05, 3.63) is 23.8 Å². The maximum Gasteiger partial charge on any atom is 0.338 e. The number of allylic oxidation sites excluding steroid dienone is 2. The van der Waals surface area contributed by atoms with Crippen molar-refractivity contribution in [2.45, 2.75) is 130 Å². The van der Waals surface area contributed by atoms with Gasteiger partial charge in [0.05, 0.1) is 12.0 Å². The van der Waals surface area contributed by atoms with Gasteiger partial charge in [0.2, 0.25) is 0 Å². The molecule has 3 fully saturated rings. The minimum atomic E-state index is -1.76. The zero-order valence-corrected chi connectivity index (χ0v) is 26.5.